The van der Waals surface area contributed by atoms with Crippen LogP contribution in [-0.2, 0) is 10.1 Å². The number of carbonyl (C=O) groups excluding carboxylic acids is 2. The first-order chi connectivity index (χ1) is 10.7. The molecule has 0 saturated carbocycles. The summed E-state index contributed by atoms with van der Waals surface area (Å²) in [6.45, 7) is 0. The van der Waals surface area contributed by atoms with Crippen molar-refractivity contribution in [2.75, 3.05) is 0 Å². The molecule has 2 rings (SSSR count). The van der Waals surface area contributed by atoms with E-state index in [2.05, 4.69) is 0 Å². The fraction of sp³-hybridized carbons (Fsp3) is 0. The Morgan fingerprint density at radius 2 is 1.57 bits per heavy atom. The zero-order chi connectivity index (χ0) is 17.2. The largest absolute Gasteiger partial charge is 0.545 e. The predicted octanol–water partition coefficient (Wildman–Crippen LogP) is -0.165. The second kappa shape index (κ2) is 6.27. The van der Waals surface area contributed by atoms with E-state index in [9.17, 15) is 28.2 Å². The summed E-state index contributed by atoms with van der Waals surface area (Å²) in [5, 5.41) is 21.6. The number of hydrogen-bond acceptors (Lipinski definition) is 7. The van der Waals surface area contributed by atoms with Gasteiger partial charge in [0.25, 0.3) is 0 Å². The van der Waals surface area contributed by atoms with Crippen LogP contribution >= 0.6 is 11.6 Å². The van der Waals surface area contributed by atoms with E-state index in [-0.39, 0.29) is 5.02 Å². The minimum absolute atomic E-state index is 0.209. The summed E-state index contributed by atoms with van der Waals surface area (Å²) in [5.41, 5.74) is -1.00. The van der Waals surface area contributed by atoms with E-state index in [1.54, 1.807) is 0 Å². The minimum Gasteiger partial charge on any atom is -0.545 e. The van der Waals surface area contributed by atoms with Gasteiger partial charge in [-0.05, 0) is 30.3 Å². The summed E-state index contributed by atoms with van der Waals surface area (Å²) >= 11 is 5.63. The van der Waals surface area contributed by atoms with E-state index >= 15 is 0 Å². The lowest BCUT2D eigenvalue weighted by atomic mass is 10.2. The van der Waals surface area contributed by atoms with Gasteiger partial charge in [-0.25, -0.2) is 0 Å². The molecule has 9 heteroatoms. The van der Waals surface area contributed by atoms with Crippen LogP contribution < -0.4 is 14.4 Å². The van der Waals surface area contributed by atoms with Gasteiger partial charge in [-0.15, -0.1) is 0 Å². The van der Waals surface area contributed by atoms with E-state index in [0.717, 1.165) is 30.3 Å². The molecule has 23 heavy (non-hydrogen) atoms. The van der Waals surface area contributed by atoms with Crippen molar-refractivity contribution in [1.29, 1.82) is 0 Å². The van der Waals surface area contributed by atoms with Gasteiger partial charge in [-0.1, -0.05) is 23.7 Å². The number of para-hydroxylation sites is 1. The van der Waals surface area contributed by atoms with Crippen molar-refractivity contribution in [3.05, 3.63) is 58.6 Å². The van der Waals surface area contributed by atoms with Crippen molar-refractivity contribution in [2.24, 2.45) is 0 Å². The van der Waals surface area contributed by atoms with Crippen molar-refractivity contribution < 1.29 is 32.4 Å². The smallest absolute Gasteiger partial charge is 0.339 e. The molecule has 0 fully saturated rings. The lowest BCUT2D eigenvalue weighted by molar-refractivity contribution is -0.256. The molecule has 7 nitrogen and oxygen atoms in total. The van der Waals surface area contributed by atoms with Gasteiger partial charge in [0.2, 0.25) is 0 Å². The summed E-state index contributed by atoms with van der Waals surface area (Å²) in [6, 6.07) is 7.79. The Morgan fingerprint density at radius 3 is 2.17 bits per heavy atom. The van der Waals surface area contributed by atoms with Gasteiger partial charge < -0.3 is 24.0 Å². The lowest BCUT2D eigenvalue weighted by Gasteiger charge is -2.13. The van der Waals surface area contributed by atoms with Crippen LogP contribution in [0.3, 0.4) is 0 Å². The van der Waals surface area contributed by atoms with Crippen molar-refractivity contribution in [2.45, 2.75) is 4.90 Å². The summed E-state index contributed by atoms with van der Waals surface area (Å²) < 4.78 is 29.1. The Morgan fingerprint density at radius 1 is 0.957 bits per heavy atom. The third kappa shape index (κ3) is 3.61. The molecule has 0 aliphatic heterocycles. The maximum absolute atomic E-state index is 12.2. The van der Waals surface area contributed by atoms with Gasteiger partial charge in [-0.3, -0.25) is 0 Å². The van der Waals surface area contributed by atoms with Crippen LogP contribution in [0, 0.1) is 0 Å². The Bertz CT molecular complexity index is 890. The third-order valence-electron chi connectivity index (χ3n) is 2.75. The second-order valence-electron chi connectivity index (χ2n) is 4.25. The number of hydrogen-bond donors (Lipinski definition) is 0. The van der Waals surface area contributed by atoms with E-state index in [1.165, 1.54) is 12.1 Å². The molecular formula is C14H7ClO7S-2. The molecule has 0 amide bonds. The van der Waals surface area contributed by atoms with E-state index in [1.807, 2.05) is 0 Å². The van der Waals surface area contributed by atoms with Crippen LogP contribution in [0.5, 0.6) is 5.75 Å². The van der Waals surface area contributed by atoms with Gasteiger partial charge in [0, 0.05) is 16.1 Å². The number of halogens is 1. The standard InChI is InChI=1S/C14H9ClO7S/c15-11-6-5-8(7-10(11)14(18)19)23(20,21)22-12-4-2-1-3-9(12)13(16)17/h1-7H,(H,16,17)(H,18,19)/p-2. The molecule has 0 bridgehead atoms. The van der Waals surface area contributed by atoms with E-state index < -0.39 is 43.8 Å². The number of carboxylic acid groups (broad SMARTS) is 2. The Labute approximate surface area is 135 Å². The van der Waals surface area contributed by atoms with Gasteiger partial charge in [0.15, 0.2) is 5.75 Å². The third-order valence-corrected chi connectivity index (χ3v) is 4.31. The molecule has 0 spiro atoms. The highest BCUT2D eigenvalue weighted by Gasteiger charge is 2.20. The first-order valence-electron chi connectivity index (χ1n) is 5.98. The highest BCUT2D eigenvalue weighted by atomic mass is 35.5. The SMILES string of the molecule is O=C([O-])c1cc(S(=O)(=O)Oc2ccccc2C(=O)[O-])ccc1Cl. The van der Waals surface area contributed by atoms with Crippen LogP contribution in [0.25, 0.3) is 0 Å². The van der Waals surface area contributed by atoms with Crippen LogP contribution in [-0.4, -0.2) is 20.4 Å². The van der Waals surface area contributed by atoms with Crippen molar-refractivity contribution in [3.8, 4) is 5.75 Å². The Balaban J connectivity index is 2.47. The Hall–Kier alpha value is -2.58. The van der Waals surface area contributed by atoms with Crippen molar-refractivity contribution in [1.82, 2.24) is 0 Å². The monoisotopic (exact) mass is 354 g/mol. The highest BCUT2D eigenvalue weighted by molar-refractivity contribution is 7.87. The maximum atomic E-state index is 12.2. The predicted molar refractivity (Wildman–Crippen MR) is 74.4 cm³/mol. The van der Waals surface area contributed by atoms with Crippen molar-refractivity contribution in [3.63, 3.8) is 0 Å². The normalized spacial score (nSPS) is 11.0. The average Bonchev–Trinajstić information content (AvgIpc) is 2.47. The fourth-order valence-corrected chi connectivity index (χ4v) is 2.86. The zero-order valence-electron chi connectivity index (χ0n) is 11.2. The molecule has 0 unspecified atom stereocenters. The second-order valence-corrected chi connectivity index (χ2v) is 6.20. The molecule has 0 aromatic heterocycles. The van der Waals surface area contributed by atoms with Crippen LogP contribution in [0.4, 0.5) is 0 Å². The summed E-state index contributed by atoms with van der Waals surface area (Å²) in [4.78, 5) is 21.3. The molecule has 0 aliphatic carbocycles. The molecule has 0 aliphatic rings. The topological polar surface area (TPSA) is 124 Å². The molecule has 2 aromatic rings. The molecular weight excluding hydrogens is 348 g/mol. The van der Waals surface area contributed by atoms with E-state index in [4.69, 9.17) is 15.8 Å². The van der Waals surface area contributed by atoms with Gasteiger partial charge in [0.1, 0.15) is 4.90 Å². The Kier molecular flexibility index (Phi) is 4.57. The van der Waals surface area contributed by atoms with E-state index in [0.29, 0.717) is 0 Å². The van der Waals surface area contributed by atoms with Crippen molar-refractivity contribution >= 4 is 33.7 Å². The number of aromatic carboxylic acids is 2. The molecule has 120 valence electrons. The number of carboxylic acids is 2. The molecule has 0 atom stereocenters. The molecule has 0 heterocycles. The van der Waals surface area contributed by atoms with Gasteiger partial charge >= 0.3 is 10.1 Å². The summed E-state index contributed by atoms with van der Waals surface area (Å²) in [5.74, 6) is -3.75. The minimum atomic E-state index is -4.48. The fourth-order valence-electron chi connectivity index (χ4n) is 1.69. The molecule has 2 aromatic carbocycles. The maximum Gasteiger partial charge on any atom is 0.339 e. The summed E-state index contributed by atoms with van der Waals surface area (Å²) in [6.07, 6.45) is 0. The van der Waals surface area contributed by atoms with Gasteiger partial charge in [-0.2, -0.15) is 8.42 Å². The number of carbonyl (C=O) groups is 2. The first-order valence-corrected chi connectivity index (χ1v) is 7.77. The number of benzene rings is 2. The molecule has 0 radical (unpaired) electrons. The quantitative estimate of drug-likeness (QED) is 0.683. The van der Waals surface area contributed by atoms with Crippen LogP contribution in [0.15, 0.2) is 47.4 Å². The lowest BCUT2D eigenvalue weighted by Crippen LogP contribution is -2.24. The molecule has 0 saturated heterocycles. The zero-order valence-corrected chi connectivity index (χ0v) is 12.8. The average molecular weight is 355 g/mol. The number of rotatable bonds is 5. The summed E-state index contributed by atoms with van der Waals surface area (Å²) in [7, 11) is -4.48. The highest BCUT2D eigenvalue weighted by Crippen LogP contribution is 2.25. The first kappa shape index (κ1) is 16.8. The van der Waals surface area contributed by atoms with Crippen LogP contribution in [0.2, 0.25) is 5.02 Å². The van der Waals surface area contributed by atoms with Crippen LogP contribution in [0.1, 0.15) is 20.7 Å². The van der Waals surface area contributed by atoms with Gasteiger partial charge in [0.05, 0.1) is 11.9 Å². The molecule has 0 N–H and O–H groups in total.